The average molecular weight is 420 g/mol. The summed E-state index contributed by atoms with van der Waals surface area (Å²) in [6, 6.07) is 11.7. The summed E-state index contributed by atoms with van der Waals surface area (Å²) in [5.41, 5.74) is 1.03. The molecule has 0 bridgehead atoms. The molecule has 0 atom stereocenters. The molecule has 148 valence electrons. The lowest BCUT2D eigenvalue weighted by molar-refractivity contribution is -0.0948. The van der Waals surface area contributed by atoms with Gasteiger partial charge in [-0.15, -0.1) is 0 Å². The first-order chi connectivity index (χ1) is 13.4. The summed E-state index contributed by atoms with van der Waals surface area (Å²) in [6.07, 6.45) is 1.36. The van der Waals surface area contributed by atoms with Gasteiger partial charge >= 0.3 is 4.87 Å². The molecule has 1 fully saturated rings. The molecule has 8 heteroatoms. The number of ether oxygens (including phenoxy) is 2. The monoisotopic (exact) mass is 419 g/mol. The number of hydrogen-bond acceptors (Lipinski definition) is 6. The number of hydrogen-bond donors (Lipinski definition) is 0. The van der Waals surface area contributed by atoms with E-state index in [1.165, 1.54) is 4.57 Å². The molecule has 0 saturated carbocycles. The second-order valence-corrected chi connectivity index (χ2v) is 9.84. The SMILES string of the molecule is COC1(c2cccc(S(=O)(=O)c3ccc4c(c3)sc(=O)n4C)c2)CCOCC1. The summed E-state index contributed by atoms with van der Waals surface area (Å²) in [4.78, 5) is 12.1. The van der Waals surface area contributed by atoms with Crippen LogP contribution in [0.1, 0.15) is 18.4 Å². The third-order valence-corrected chi connectivity index (χ3v) is 8.18. The summed E-state index contributed by atoms with van der Waals surface area (Å²) in [5.74, 6) is 0. The molecule has 2 aromatic carbocycles. The number of aryl methyl sites for hydroxylation is 1. The van der Waals surface area contributed by atoms with E-state index in [1.807, 2.05) is 6.07 Å². The number of fused-ring (bicyclic) bond motifs is 1. The van der Waals surface area contributed by atoms with Gasteiger partial charge in [0.1, 0.15) is 0 Å². The number of methoxy groups -OCH3 is 1. The van der Waals surface area contributed by atoms with Crippen molar-refractivity contribution < 1.29 is 17.9 Å². The molecule has 28 heavy (non-hydrogen) atoms. The van der Waals surface area contributed by atoms with Crippen LogP contribution in [0, 0.1) is 0 Å². The first kappa shape index (κ1) is 19.3. The van der Waals surface area contributed by atoms with Crippen molar-refractivity contribution in [3.8, 4) is 0 Å². The molecule has 1 saturated heterocycles. The summed E-state index contributed by atoms with van der Waals surface area (Å²) < 4.78 is 39.9. The van der Waals surface area contributed by atoms with Crippen LogP contribution in [0.4, 0.5) is 0 Å². The molecule has 1 aliphatic rings. The lowest BCUT2D eigenvalue weighted by Crippen LogP contribution is -2.35. The Morgan fingerprint density at radius 3 is 2.54 bits per heavy atom. The Bertz CT molecular complexity index is 1190. The zero-order valence-corrected chi connectivity index (χ0v) is 17.3. The Kier molecular flexibility index (Phi) is 4.91. The maximum Gasteiger partial charge on any atom is 0.307 e. The second-order valence-electron chi connectivity index (χ2n) is 6.90. The van der Waals surface area contributed by atoms with Crippen molar-refractivity contribution in [2.75, 3.05) is 20.3 Å². The van der Waals surface area contributed by atoms with Gasteiger partial charge in [0.25, 0.3) is 0 Å². The number of sulfone groups is 1. The summed E-state index contributed by atoms with van der Waals surface area (Å²) in [6.45, 7) is 1.16. The molecule has 4 rings (SSSR count). The van der Waals surface area contributed by atoms with Gasteiger partial charge in [0, 0.05) is 40.2 Å². The van der Waals surface area contributed by atoms with Gasteiger partial charge in [-0.3, -0.25) is 4.79 Å². The molecular weight excluding hydrogens is 398 g/mol. The minimum Gasteiger partial charge on any atom is -0.381 e. The lowest BCUT2D eigenvalue weighted by atomic mass is 9.86. The molecule has 0 spiro atoms. The van der Waals surface area contributed by atoms with E-state index in [4.69, 9.17) is 9.47 Å². The second kappa shape index (κ2) is 7.11. The van der Waals surface area contributed by atoms with E-state index >= 15 is 0 Å². The van der Waals surface area contributed by atoms with E-state index in [9.17, 15) is 13.2 Å². The smallest absolute Gasteiger partial charge is 0.307 e. The fraction of sp³-hybridized carbons (Fsp3) is 0.350. The number of rotatable bonds is 4. The molecule has 0 unspecified atom stereocenters. The Balaban J connectivity index is 1.79. The normalized spacial score (nSPS) is 17.1. The van der Waals surface area contributed by atoms with Crippen molar-refractivity contribution in [2.45, 2.75) is 28.2 Å². The van der Waals surface area contributed by atoms with Gasteiger partial charge in [0.15, 0.2) is 0 Å². The van der Waals surface area contributed by atoms with Gasteiger partial charge in [0.05, 0.1) is 25.6 Å². The molecule has 0 N–H and O–H groups in total. The molecule has 6 nitrogen and oxygen atoms in total. The molecule has 0 radical (unpaired) electrons. The average Bonchev–Trinajstić information content (AvgIpc) is 3.01. The molecule has 2 heterocycles. The highest BCUT2D eigenvalue weighted by molar-refractivity contribution is 7.91. The van der Waals surface area contributed by atoms with Crippen LogP contribution in [-0.2, 0) is 32.0 Å². The van der Waals surface area contributed by atoms with E-state index < -0.39 is 15.4 Å². The van der Waals surface area contributed by atoms with Crippen molar-refractivity contribution in [1.29, 1.82) is 0 Å². The van der Waals surface area contributed by atoms with Gasteiger partial charge in [0.2, 0.25) is 9.84 Å². The zero-order valence-electron chi connectivity index (χ0n) is 15.7. The third kappa shape index (κ3) is 3.10. The standard InChI is InChI=1S/C20H21NO5S2/c1-21-17-7-6-16(13-18(17)27-19(21)22)28(23,24)15-5-3-4-14(12-15)20(25-2)8-10-26-11-9-20/h3-7,12-13H,8-11H2,1-2H3. The minimum absolute atomic E-state index is 0.118. The predicted octanol–water partition coefficient (Wildman–Crippen LogP) is 3.08. The molecule has 1 aliphatic heterocycles. The van der Waals surface area contributed by atoms with Gasteiger partial charge in [-0.05, 0) is 35.9 Å². The van der Waals surface area contributed by atoms with Crippen molar-refractivity contribution in [1.82, 2.24) is 4.57 Å². The maximum absolute atomic E-state index is 13.3. The fourth-order valence-corrected chi connectivity index (χ4v) is 6.00. The zero-order chi connectivity index (χ0) is 19.9. The Morgan fingerprint density at radius 2 is 1.82 bits per heavy atom. The number of nitrogens with zero attached hydrogens (tertiary/aromatic N) is 1. The van der Waals surface area contributed by atoms with Crippen LogP contribution in [0.3, 0.4) is 0 Å². The van der Waals surface area contributed by atoms with Gasteiger partial charge in [-0.1, -0.05) is 23.5 Å². The fourth-order valence-electron chi connectivity index (χ4n) is 3.68. The van der Waals surface area contributed by atoms with Gasteiger partial charge < -0.3 is 14.0 Å². The Hall–Kier alpha value is -2.00. The van der Waals surface area contributed by atoms with E-state index in [-0.39, 0.29) is 14.7 Å². The molecule has 0 amide bonds. The van der Waals surface area contributed by atoms with E-state index in [0.717, 1.165) is 22.4 Å². The maximum atomic E-state index is 13.3. The van der Waals surface area contributed by atoms with E-state index in [1.54, 1.807) is 50.6 Å². The summed E-state index contributed by atoms with van der Waals surface area (Å²) >= 11 is 1.04. The minimum atomic E-state index is -3.72. The lowest BCUT2D eigenvalue weighted by Gasteiger charge is -2.36. The Labute approximate surface area is 167 Å². The van der Waals surface area contributed by atoms with E-state index in [2.05, 4.69) is 0 Å². The summed E-state index contributed by atoms with van der Waals surface area (Å²) in [5, 5.41) is 0. The molecule has 3 aromatic rings. The van der Waals surface area contributed by atoms with Gasteiger partial charge in [-0.2, -0.15) is 0 Å². The number of aromatic nitrogens is 1. The highest BCUT2D eigenvalue weighted by atomic mass is 32.2. The van der Waals surface area contributed by atoms with Gasteiger partial charge in [-0.25, -0.2) is 8.42 Å². The largest absolute Gasteiger partial charge is 0.381 e. The van der Waals surface area contributed by atoms with Crippen LogP contribution in [0.5, 0.6) is 0 Å². The van der Waals surface area contributed by atoms with Crippen LogP contribution >= 0.6 is 11.3 Å². The van der Waals surface area contributed by atoms with Crippen LogP contribution in [0.15, 0.2) is 57.1 Å². The van der Waals surface area contributed by atoms with Crippen LogP contribution < -0.4 is 4.87 Å². The van der Waals surface area contributed by atoms with E-state index in [0.29, 0.717) is 30.8 Å². The molecule has 1 aromatic heterocycles. The van der Waals surface area contributed by atoms with Crippen LogP contribution in [-0.4, -0.2) is 33.3 Å². The van der Waals surface area contributed by atoms with Crippen LogP contribution in [0.2, 0.25) is 0 Å². The van der Waals surface area contributed by atoms with Crippen LogP contribution in [0.25, 0.3) is 10.2 Å². The highest BCUT2D eigenvalue weighted by Gasteiger charge is 2.35. The summed E-state index contributed by atoms with van der Waals surface area (Å²) in [7, 11) is -0.394. The van der Waals surface area contributed by atoms with Crippen molar-refractivity contribution >= 4 is 31.4 Å². The van der Waals surface area contributed by atoms with Crippen molar-refractivity contribution in [3.05, 3.63) is 57.7 Å². The van der Waals surface area contributed by atoms with Crippen molar-refractivity contribution in [2.24, 2.45) is 7.05 Å². The number of thiazole rings is 1. The number of benzene rings is 2. The Morgan fingerprint density at radius 1 is 1.11 bits per heavy atom. The quantitative estimate of drug-likeness (QED) is 0.650. The molecule has 0 aliphatic carbocycles. The first-order valence-corrected chi connectivity index (χ1v) is 11.3. The highest BCUT2D eigenvalue weighted by Crippen LogP contribution is 2.37. The third-order valence-electron chi connectivity index (χ3n) is 5.44. The predicted molar refractivity (Wildman–Crippen MR) is 108 cm³/mol. The molecular formula is C20H21NO5S2. The van der Waals surface area contributed by atoms with Crippen molar-refractivity contribution in [3.63, 3.8) is 0 Å². The topological polar surface area (TPSA) is 74.6 Å². The first-order valence-electron chi connectivity index (χ1n) is 8.95.